The first-order valence-electron chi connectivity index (χ1n) is 4.99. The highest BCUT2D eigenvalue weighted by Crippen LogP contribution is 2.38. The maximum Gasteiger partial charge on any atom is 0.452 e. The van der Waals surface area contributed by atoms with Gasteiger partial charge in [-0.25, -0.2) is 0 Å². The van der Waals surface area contributed by atoms with Crippen LogP contribution in [0.1, 0.15) is 16.2 Å². The highest BCUT2D eigenvalue weighted by atomic mass is 32.1. The Balaban J connectivity index is 2.39. The molecule has 0 spiro atoms. The first kappa shape index (κ1) is 12.8. The first-order valence-corrected chi connectivity index (χ1v) is 5.81. The molecule has 0 radical (unpaired) electrons. The summed E-state index contributed by atoms with van der Waals surface area (Å²) in [6.45, 7) is 1.31. The molecule has 0 N–H and O–H groups in total. The molecular formula is C11H8F3NO2S. The lowest BCUT2D eigenvalue weighted by Crippen LogP contribution is -2.04. The van der Waals surface area contributed by atoms with E-state index in [0.29, 0.717) is 4.88 Å². The molecule has 7 heteroatoms. The Labute approximate surface area is 104 Å². The van der Waals surface area contributed by atoms with Crippen LogP contribution in [0.3, 0.4) is 0 Å². The van der Waals surface area contributed by atoms with Crippen molar-refractivity contribution in [3.8, 4) is 10.6 Å². The van der Waals surface area contributed by atoms with Gasteiger partial charge in [0.2, 0.25) is 5.76 Å². The van der Waals surface area contributed by atoms with Crippen LogP contribution in [0, 0.1) is 6.92 Å². The van der Waals surface area contributed by atoms with E-state index in [4.69, 9.17) is 0 Å². The van der Waals surface area contributed by atoms with Gasteiger partial charge < -0.3 is 9.32 Å². The number of rotatable bonds is 3. The van der Waals surface area contributed by atoms with E-state index in [-0.39, 0.29) is 17.7 Å². The number of aldehydes is 1. The Morgan fingerprint density at radius 1 is 1.44 bits per heavy atom. The van der Waals surface area contributed by atoms with Gasteiger partial charge in [-0.15, -0.1) is 11.3 Å². The van der Waals surface area contributed by atoms with Gasteiger partial charge in [0.15, 0.2) is 0 Å². The first-order chi connectivity index (χ1) is 8.43. The molecule has 0 bridgehead atoms. The van der Waals surface area contributed by atoms with Crippen LogP contribution in [-0.4, -0.2) is 11.4 Å². The van der Waals surface area contributed by atoms with Crippen molar-refractivity contribution in [3.63, 3.8) is 0 Å². The van der Waals surface area contributed by atoms with E-state index in [1.165, 1.54) is 18.3 Å². The van der Waals surface area contributed by atoms with E-state index in [0.717, 1.165) is 11.2 Å². The number of thiophene rings is 1. The molecule has 0 fully saturated rings. The molecule has 0 amide bonds. The molecule has 18 heavy (non-hydrogen) atoms. The SMILES string of the molecule is Cc1c(-c2ccc(CC=O)s2)noc1C(F)(F)F. The van der Waals surface area contributed by atoms with Crippen LogP contribution in [0.5, 0.6) is 0 Å². The molecule has 96 valence electrons. The number of halogens is 3. The van der Waals surface area contributed by atoms with E-state index in [9.17, 15) is 18.0 Å². The summed E-state index contributed by atoms with van der Waals surface area (Å²) in [6.07, 6.45) is -3.56. The Morgan fingerprint density at radius 3 is 2.72 bits per heavy atom. The van der Waals surface area contributed by atoms with Crippen LogP contribution in [0.2, 0.25) is 0 Å². The third kappa shape index (κ3) is 2.31. The number of aromatic nitrogens is 1. The van der Waals surface area contributed by atoms with Crippen molar-refractivity contribution in [3.05, 3.63) is 28.3 Å². The average molecular weight is 275 g/mol. The van der Waals surface area contributed by atoms with Gasteiger partial charge in [0.05, 0.1) is 4.88 Å². The monoisotopic (exact) mass is 275 g/mol. The fraction of sp³-hybridized carbons (Fsp3) is 0.273. The fourth-order valence-corrected chi connectivity index (χ4v) is 2.52. The second-order valence-corrected chi connectivity index (χ2v) is 4.79. The van der Waals surface area contributed by atoms with Crippen molar-refractivity contribution >= 4 is 17.6 Å². The lowest BCUT2D eigenvalue weighted by atomic mass is 10.2. The molecule has 2 aromatic heterocycles. The minimum Gasteiger partial charge on any atom is -0.351 e. The quantitative estimate of drug-likeness (QED) is 0.805. The van der Waals surface area contributed by atoms with Gasteiger partial charge in [-0.1, -0.05) is 5.16 Å². The number of hydrogen-bond donors (Lipinski definition) is 0. The molecule has 0 aromatic carbocycles. The second kappa shape index (κ2) is 4.56. The van der Waals surface area contributed by atoms with Crippen LogP contribution in [0.15, 0.2) is 16.7 Å². The third-order valence-corrected chi connectivity index (χ3v) is 3.48. The standard InChI is InChI=1S/C11H8F3NO2S/c1-6-9(15-17-10(6)11(12,13)14)8-3-2-7(18-8)4-5-16/h2-3,5H,4H2,1H3. The zero-order valence-electron chi connectivity index (χ0n) is 9.25. The van der Waals surface area contributed by atoms with Crippen molar-refractivity contribution in [2.45, 2.75) is 19.5 Å². The number of nitrogens with zero attached hydrogens (tertiary/aromatic N) is 1. The summed E-state index contributed by atoms with van der Waals surface area (Å²) in [5.74, 6) is -1.08. The number of alkyl halides is 3. The zero-order valence-corrected chi connectivity index (χ0v) is 10.1. The number of carbonyl (C=O) groups is 1. The maximum atomic E-state index is 12.5. The predicted molar refractivity (Wildman–Crippen MR) is 59.3 cm³/mol. The zero-order chi connectivity index (χ0) is 13.3. The van der Waals surface area contributed by atoms with Gasteiger partial charge in [-0.3, -0.25) is 0 Å². The van der Waals surface area contributed by atoms with Gasteiger partial charge in [0.1, 0.15) is 12.0 Å². The fourth-order valence-electron chi connectivity index (χ4n) is 1.53. The van der Waals surface area contributed by atoms with Gasteiger partial charge in [0.25, 0.3) is 0 Å². The summed E-state index contributed by atoms with van der Waals surface area (Å²) in [5, 5.41) is 3.45. The smallest absolute Gasteiger partial charge is 0.351 e. The summed E-state index contributed by atoms with van der Waals surface area (Å²) in [7, 11) is 0. The summed E-state index contributed by atoms with van der Waals surface area (Å²) in [4.78, 5) is 11.7. The molecule has 0 atom stereocenters. The van der Waals surface area contributed by atoms with Crippen LogP contribution in [0.4, 0.5) is 13.2 Å². The normalized spacial score (nSPS) is 11.8. The van der Waals surface area contributed by atoms with Crippen LogP contribution in [0.25, 0.3) is 10.6 Å². The third-order valence-electron chi connectivity index (χ3n) is 2.36. The molecule has 3 nitrogen and oxygen atoms in total. The summed E-state index contributed by atoms with van der Waals surface area (Å²) in [6, 6.07) is 3.32. The Bertz CT molecular complexity index is 571. The molecule has 2 rings (SSSR count). The Kier molecular flexibility index (Phi) is 3.25. The molecule has 2 heterocycles. The molecule has 0 aliphatic carbocycles. The largest absolute Gasteiger partial charge is 0.452 e. The average Bonchev–Trinajstić information content (AvgIpc) is 2.84. The number of hydrogen-bond acceptors (Lipinski definition) is 4. The van der Waals surface area contributed by atoms with Gasteiger partial charge in [-0.2, -0.15) is 13.2 Å². The summed E-state index contributed by atoms with van der Waals surface area (Å²) >= 11 is 1.23. The van der Waals surface area contributed by atoms with Gasteiger partial charge in [-0.05, 0) is 19.1 Å². The minimum absolute atomic E-state index is 0.0398. The maximum absolute atomic E-state index is 12.5. The molecule has 0 saturated heterocycles. The van der Waals surface area contributed by atoms with Crippen LogP contribution in [-0.2, 0) is 17.4 Å². The highest BCUT2D eigenvalue weighted by Gasteiger charge is 2.39. The molecule has 0 saturated carbocycles. The highest BCUT2D eigenvalue weighted by molar-refractivity contribution is 7.15. The van der Waals surface area contributed by atoms with Crippen LogP contribution < -0.4 is 0 Å². The Morgan fingerprint density at radius 2 is 2.17 bits per heavy atom. The molecule has 2 aromatic rings. The molecule has 0 aliphatic heterocycles. The molecular weight excluding hydrogens is 267 g/mol. The number of carbonyl (C=O) groups excluding carboxylic acids is 1. The van der Waals surface area contributed by atoms with Crippen LogP contribution >= 0.6 is 11.3 Å². The lowest BCUT2D eigenvalue weighted by molar-refractivity contribution is -0.156. The lowest BCUT2D eigenvalue weighted by Gasteiger charge is -2.01. The minimum atomic E-state index is -4.54. The second-order valence-electron chi connectivity index (χ2n) is 3.62. The van der Waals surface area contributed by atoms with E-state index in [2.05, 4.69) is 9.68 Å². The van der Waals surface area contributed by atoms with Crippen molar-refractivity contribution in [2.75, 3.05) is 0 Å². The molecule has 0 unspecified atom stereocenters. The van der Waals surface area contributed by atoms with Crippen molar-refractivity contribution < 1.29 is 22.5 Å². The molecule has 0 aliphatic rings. The van der Waals surface area contributed by atoms with Crippen molar-refractivity contribution in [2.24, 2.45) is 0 Å². The van der Waals surface area contributed by atoms with E-state index >= 15 is 0 Å². The topological polar surface area (TPSA) is 43.1 Å². The van der Waals surface area contributed by atoms with Crippen molar-refractivity contribution in [1.29, 1.82) is 0 Å². The van der Waals surface area contributed by atoms with Crippen molar-refractivity contribution in [1.82, 2.24) is 5.16 Å². The summed E-state index contributed by atoms with van der Waals surface area (Å²) < 4.78 is 41.9. The Hall–Kier alpha value is -1.63. The van der Waals surface area contributed by atoms with E-state index in [1.807, 2.05) is 0 Å². The van der Waals surface area contributed by atoms with E-state index in [1.54, 1.807) is 12.1 Å². The van der Waals surface area contributed by atoms with E-state index < -0.39 is 11.9 Å². The van der Waals surface area contributed by atoms with Gasteiger partial charge in [0, 0.05) is 16.9 Å². The summed E-state index contributed by atoms with van der Waals surface area (Å²) in [5.41, 5.74) is 0.131. The predicted octanol–water partition coefficient (Wildman–Crippen LogP) is 3.47. The van der Waals surface area contributed by atoms with Gasteiger partial charge >= 0.3 is 6.18 Å².